The van der Waals surface area contributed by atoms with Crippen LogP contribution in [0.4, 0.5) is 0 Å². The minimum absolute atomic E-state index is 0.563. The number of aromatic nitrogens is 2. The number of benzene rings is 1. The summed E-state index contributed by atoms with van der Waals surface area (Å²) in [6.07, 6.45) is 10.4. The Bertz CT molecular complexity index is 557. The molecule has 1 aromatic heterocycles. The molecule has 3 rings (SSSR count). The second-order valence-electron chi connectivity index (χ2n) is 5.62. The zero-order valence-corrected chi connectivity index (χ0v) is 12.6. The summed E-state index contributed by atoms with van der Waals surface area (Å²) >= 11 is 0. The lowest BCUT2D eigenvalue weighted by Crippen LogP contribution is -2.08. The van der Waals surface area contributed by atoms with Crippen molar-refractivity contribution < 1.29 is 4.74 Å². The Morgan fingerprint density at radius 1 is 0.952 bits per heavy atom. The number of hydrogen-bond acceptors (Lipinski definition) is 3. The van der Waals surface area contributed by atoms with Crippen molar-refractivity contribution in [1.29, 1.82) is 0 Å². The van der Waals surface area contributed by atoms with E-state index in [0.717, 1.165) is 22.7 Å². The highest BCUT2D eigenvalue weighted by atomic mass is 16.5. The van der Waals surface area contributed by atoms with Gasteiger partial charge < -0.3 is 4.74 Å². The van der Waals surface area contributed by atoms with E-state index in [1.54, 1.807) is 0 Å². The van der Waals surface area contributed by atoms with Crippen LogP contribution in [0.5, 0.6) is 5.75 Å². The molecular weight excluding hydrogens is 260 g/mol. The maximum absolute atomic E-state index is 5.46. The smallest absolute Gasteiger partial charge is 0.131 e. The lowest BCUT2D eigenvalue weighted by Gasteiger charge is -2.20. The second kappa shape index (κ2) is 6.70. The Balaban J connectivity index is 1.73. The van der Waals surface area contributed by atoms with E-state index >= 15 is 0 Å². The van der Waals surface area contributed by atoms with Crippen molar-refractivity contribution in [2.75, 3.05) is 6.61 Å². The summed E-state index contributed by atoms with van der Waals surface area (Å²) < 4.78 is 5.46. The first-order valence-corrected chi connectivity index (χ1v) is 7.92. The third kappa shape index (κ3) is 3.41. The number of rotatable bonds is 4. The van der Waals surface area contributed by atoms with Crippen molar-refractivity contribution >= 4 is 0 Å². The summed E-state index contributed by atoms with van der Waals surface area (Å²) in [4.78, 5) is 9.19. The quantitative estimate of drug-likeness (QED) is 0.822. The van der Waals surface area contributed by atoms with Gasteiger partial charge in [0.25, 0.3) is 0 Å². The molecule has 1 heterocycles. The van der Waals surface area contributed by atoms with E-state index in [-0.39, 0.29) is 0 Å². The average molecular weight is 282 g/mol. The molecule has 21 heavy (non-hydrogen) atoms. The molecule has 0 N–H and O–H groups in total. The van der Waals surface area contributed by atoms with Crippen LogP contribution in [0.2, 0.25) is 0 Å². The van der Waals surface area contributed by atoms with E-state index < -0.39 is 0 Å². The number of hydrogen-bond donors (Lipinski definition) is 0. The van der Waals surface area contributed by atoms with Crippen LogP contribution in [0.3, 0.4) is 0 Å². The highest BCUT2D eigenvalue weighted by molar-refractivity contribution is 5.62. The van der Waals surface area contributed by atoms with Crippen LogP contribution in [-0.4, -0.2) is 16.6 Å². The van der Waals surface area contributed by atoms with Crippen LogP contribution in [0.25, 0.3) is 11.1 Å². The van der Waals surface area contributed by atoms with Crippen molar-refractivity contribution in [3.8, 4) is 16.9 Å². The molecule has 0 saturated heterocycles. The molecule has 0 aliphatic heterocycles. The van der Waals surface area contributed by atoms with E-state index in [4.69, 9.17) is 4.74 Å². The fraction of sp³-hybridized carbons (Fsp3) is 0.444. The molecule has 1 aliphatic carbocycles. The minimum Gasteiger partial charge on any atom is -0.494 e. The zero-order chi connectivity index (χ0) is 14.5. The molecule has 0 spiro atoms. The fourth-order valence-electron chi connectivity index (χ4n) is 2.97. The third-order valence-corrected chi connectivity index (χ3v) is 4.14. The number of nitrogens with zero attached hydrogens (tertiary/aromatic N) is 2. The Hall–Kier alpha value is -1.90. The van der Waals surface area contributed by atoms with E-state index in [0.29, 0.717) is 12.5 Å². The van der Waals surface area contributed by atoms with Crippen molar-refractivity contribution in [3.05, 3.63) is 42.5 Å². The van der Waals surface area contributed by atoms with Gasteiger partial charge in [0.05, 0.1) is 6.61 Å². The SMILES string of the molecule is CCOc1ccc(-c2cnc(C3CCCCC3)nc2)cc1. The largest absolute Gasteiger partial charge is 0.494 e. The highest BCUT2D eigenvalue weighted by Gasteiger charge is 2.17. The summed E-state index contributed by atoms with van der Waals surface area (Å²) in [5.74, 6) is 2.48. The first-order valence-electron chi connectivity index (χ1n) is 7.92. The van der Waals surface area contributed by atoms with Crippen LogP contribution in [0.1, 0.15) is 50.8 Å². The molecule has 3 nitrogen and oxygen atoms in total. The maximum atomic E-state index is 5.46. The van der Waals surface area contributed by atoms with Gasteiger partial charge in [0.2, 0.25) is 0 Å². The van der Waals surface area contributed by atoms with E-state index in [1.165, 1.54) is 32.1 Å². The van der Waals surface area contributed by atoms with Gasteiger partial charge in [-0.1, -0.05) is 31.4 Å². The second-order valence-corrected chi connectivity index (χ2v) is 5.62. The van der Waals surface area contributed by atoms with Crippen LogP contribution in [0, 0.1) is 0 Å². The monoisotopic (exact) mass is 282 g/mol. The zero-order valence-electron chi connectivity index (χ0n) is 12.6. The summed E-state index contributed by atoms with van der Waals surface area (Å²) in [5, 5.41) is 0. The summed E-state index contributed by atoms with van der Waals surface area (Å²) in [6.45, 7) is 2.68. The van der Waals surface area contributed by atoms with Gasteiger partial charge in [-0.15, -0.1) is 0 Å². The standard InChI is InChI=1S/C18H22N2O/c1-2-21-17-10-8-14(9-11-17)16-12-19-18(20-13-16)15-6-4-3-5-7-15/h8-13,15H,2-7H2,1H3. The van der Waals surface area contributed by atoms with Gasteiger partial charge in [-0.25, -0.2) is 9.97 Å². The Morgan fingerprint density at radius 2 is 1.62 bits per heavy atom. The van der Waals surface area contributed by atoms with Crippen LogP contribution >= 0.6 is 0 Å². The lowest BCUT2D eigenvalue weighted by molar-refractivity contribution is 0.340. The molecule has 0 amide bonds. The first kappa shape index (κ1) is 14.1. The molecule has 110 valence electrons. The predicted molar refractivity (Wildman–Crippen MR) is 84.5 cm³/mol. The lowest BCUT2D eigenvalue weighted by atomic mass is 9.88. The molecule has 1 aliphatic rings. The molecule has 3 heteroatoms. The van der Waals surface area contributed by atoms with Gasteiger partial charge in [-0.3, -0.25) is 0 Å². The molecular formula is C18H22N2O. The Morgan fingerprint density at radius 3 is 2.24 bits per heavy atom. The maximum Gasteiger partial charge on any atom is 0.131 e. The van der Waals surface area contributed by atoms with E-state index in [2.05, 4.69) is 22.1 Å². The Labute approximate surface area is 126 Å². The van der Waals surface area contributed by atoms with Gasteiger partial charge in [0.15, 0.2) is 0 Å². The molecule has 2 aromatic rings. The summed E-state index contributed by atoms with van der Waals surface area (Å²) in [6, 6.07) is 8.11. The average Bonchev–Trinajstić information content (AvgIpc) is 2.57. The molecule has 0 radical (unpaired) electrons. The highest BCUT2D eigenvalue weighted by Crippen LogP contribution is 2.31. The normalized spacial score (nSPS) is 15.9. The topological polar surface area (TPSA) is 35.0 Å². The van der Waals surface area contributed by atoms with Gasteiger partial charge >= 0.3 is 0 Å². The summed E-state index contributed by atoms with van der Waals surface area (Å²) in [7, 11) is 0. The molecule has 1 saturated carbocycles. The summed E-state index contributed by atoms with van der Waals surface area (Å²) in [5.41, 5.74) is 2.20. The Kier molecular flexibility index (Phi) is 4.49. The van der Waals surface area contributed by atoms with E-state index in [9.17, 15) is 0 Å². The van der Waals surface area contributed by atoms with Crippen molar-refractivity contribution in [2.45, 2.75) is 44.9 Å². The van der Waals surface area contributed by atoms with E-state index in [1.807, 2.05) is 31.5 Å². The van der Waals surface area contributed by atoms with Crippen molar-refractivity contribution in [2.24, 2.45) is 0 Å². The molecule has 1 aromatic carbocycles. The van der Waals surface area contributed by atoms with Crippen LogP contribution < -0.4 is 4.74 Å². The van der Waals surface area contributed by atoms with Gasteiger partial charge in [-0.2, -0.15) is 0 Å². The van der Waals surface area contributed by atoms with Crippen molar-refractivity contribution in [3.63, 3.8) is 0 Å². The molecule has 0 bridgehead atoms. The molecule has 1 fully saturated rings. The minimum atomic E-state index is 0.563. The first-order chi connectivity index (χ1) is 10.4. The molecule has 0 unspecified atom stereocenters. The van der Waals surface area contributed by atoms with Gasteiger partial charge in [-0.05, 0) is 37.5 Å². The van der Waals surface area contributed by atoms with Gasteiger partial charge in [0, 0.05) is 23.9 Å². The van der Waals surface area contributed by atoms with Gasteiger partial charge in [0.1, 0.15) is 11.6 Å². The van der Waals surface area contributed by atoms with Crippen molar-refractivity contribution in [1.82, 2.24) is 9.97 Å². The number of ether oxygens (including phenoxy) is 1. The van der Waals surface area contributed by atoms with Crippen LogP contribution in [-0.2, 0) is 0 Å². The van der Waals surface area contributed by atoms with Crippen LogP contribution in [0.15, 0.2) is 36.7 Å². The molecule has 0 atom stereocenters. The third-order valence-electron chi connectivity index (χ3n) is 4.14. The fourth-order valence-corrected chi connectivity index (χ4v) is 2.97. The predicted octanol–water partition coefficient (Wildman–Crippen LogP) is 4.59.